The number of halogens is 1. The van der Waals surface area contributed by atoms with Gasteiger partial charge < -0.3 is 5.73 Å². The SMILES string of the molecule is Cc1cc(C)cc(CSC(c2cccc(F)c2)C(C)N)c1. The third-order valence-corrected chi connectivity index (χ3v) is 4.93. The normalized spacial score (nSPS) is 14.0. The molecule has 2 N–H and O–H groups in total. The smallest absolute Gasteiger partial charge is 0.123 e. The summed E-state index contributed by atoms with van der Waals surface area (Å²) in [5.41, 5.74) is 10.9. The van der Waals surface area contributed by atoms with Gasteiger partial charge in [0.25, 0.3) is 0 Å². The number of rotatable bonds is 5. The van der Waals surface area contributed by atoms with E-state index in [4.69, 9.17) is 5.73 Å². The van der Waals surface area contributed by atoms with E-state index in [2.05, 4.69) is 32.0 Å². The molecule has 3 heteroatoms. The molecule has 0 aliphatic heterocycles. The fourth-order valence-electron chi connectivity index (χ4n) is 2.57. The van der Waals surface area contributed by atoms with Gasteiger partial charge in [-0.3, -0.25) is 0 Å². The van der Waals surface area contributed by atoms with Crippen LogP contribution >= 0.6 is 11.8 Å². The molecule has 2 aromatic rings. The molecule has 0 fully saturated rings. The number of nitrogens with two attached hydrogens (primary N) is 1. The van der Waals surface area contributed by atoms with Crippen molar-refractivity contribution in [3.63, 3.8) is 0 Å². The Morgan fingerprint density at radius 2 is 1.76 bits per heavy atom. The van der Waals surface area contributed by atoms with Crippen molar-refractivity contribution in [2.24, 2.45) is 5.73 Å². The molecule has 0 radical (unpaired) electrons. The third kappa shape index (κ3) is 4.58. The van der Waals surface area contributed by atoms with Crippen LogP contribution in [0.5, 0.6) is 0 Å². The van der Waals surface area contributed by atoms with Crippen molar-refractivity contribution in [2.45, 2.75) is 37.8 Å². The van der Waals surface area contributed by atoms with Crippen LogP contribution in [0.3, 0.4) is 0 Å². The van der Waals surface area contributed by atoms with Crippen LogP contribution in [0.2, 0.25) is 0 Å². The van der Waals surface area contributed by atoms with E-state index in [9.17, 15) is 4.39 Å². The average Bonchev–Trinajstić information content (AvgIpc) is 2.37. The maximum Gasteiger partial charge on any atom is 0.123 e. The Labute approximate surface area is 130 Å². The molecule has 0 saturated carbocycles. The van der Waals surface area contributed by atoms with Crippen molar-refractivity contribution in [3.8, 4) is 0 Å². The van der Waals surface area contributed by atoms with E-state index in [1.807, 2.05) is 13.0 Å². The highest BCUT2D eigenvalue weighted by Crippen LogP contribution is 2.34. The van der Waals surface area contributed by atoms with E-state index in [0.29, 0.717) is 0 Å². The average molecular weight is 303 g/mol. The number of hydrogen-bond acceptors (Lipinski definition) is 2. The minimum atomic E-state index is -0.204. The van der Waals surface area contributed by atoms with Crippen molar-refractivity contribution < 1.29 is 4.39 Å². The van der Waals surface area contributed by atoms with E-state index in [0.717, 1.165) is 11.3 Å². The van der Waals surface area contributed by atoms with E-state index < -0.39 is 0 Å². The highest BCUT2D eigenvalue weighted by atomic mass is 32.2. The molecule has 1 nitrogen and oxygen atoms in total. The molecular formula is C18H22FNS. The molecule has 0 amide bonds. The van der Waals surface area contributed by atoms with Gasteiger partial charge in [0.05, 0.1) is 0 Å². The summed E-state index contributed by atoms with van der Waals surface area (Å²) >= 11 is 1.77. The molecule has 0 aliphatic carbocycles. The predicted molar refractivity (Wildman–Crippen MR) is 90.0 cm³/mol. The van der Waals surface area contributed by atoms with E-state index in [-0.39, 0.29) is 17.1 Å². The first kappa shape index (κ1) is 16.1. The summed E-state index contributed by atoms with van der Waals surface area (Å²) in [5, 5.41) is 0.0986. The Morgan fingerprint density at radius 3 is 2.33 bits per heavy atom. The Morgan fingerprint density at radius 1 is 1.10 bits per heavy atom. The summed E-state index contributed by atoms with van der Waals surface area (Å²) < 4.78 is 13.4. The number of hydrogen-bond donors (Lipinski definition) is 1. The second-order valence-electron chi connectivity index (χ2n) is 5.64. The number of aryl methyl sites for hydroxylation is 2. The molecule has 112 valence electrons. The molecule has 0 heterocycles. The van der Waals surface area contributed by atoms with Crippen LogP contribution < -0.4 is 5.73 Å². The molecule has 2 unspecified atom stereocenters. The maximum atomic E-state index is 13.4. The molecule has 2 rings (SSSR count). The molecule has 0 aliphatic rings. The number of benzene rings is 2. The van der Waals surface area contributed by atoms with Gasteiger partial charge >= 0.3 is 0 Å². The van der Waals surface area contributed by atoms with Gasteiger partial charge in [-0.25, -0.2) is 4.39 Å². The zero-order valence-corrected chi connectivity index (χ0v) is 13.6. The lowest BCUT2D eigenvalue weighted by atomic mass is 10.1. The van der Waals surface area contributed by atoms with Crippen molar-refractivity contribution in [1.29, 1.82) is 0 Å². The standard InChI is InChI=1S/C18H22FNS/c1-12-7-13(2)9-15(8-12)11-21-18(14(3)20)16-5-4-6-17(19)10-16/h4-10,14,18H,11,20H2,1-3H3. The topological polar surface area (TPSA) is 26.0 Å². The summed E-state index contributed by atoms with van der Waals surface area (Å²) in [4.78, 5) is 0. The van der Waals surface area contributed by atoms with Crippen LogP contribution in [-0.2, 0) is 5.75 Å². The minimum absolute atomic E-state index is 0.0253. The minimum Gasteiger partial charge on any atom is -0.327 e. The molecule has 0 bridgehead atoms. The zero-order valence-electron chi connectivity index (χ0n) is 12.8. The Hall–Kier alpha value is -1.32. The summed E-state index contributed by atoms with van der Waals surface area (Å²) in [5.74, 6) is 0.677. The summed E-state index contributed by atoms with van der Waals surface area (Å²) in [6.07, 6.45) is 0. The summed E-state index contributed by atoms with van der Waals surface area (Å²) in [6.45, 7) is 6.19. The molecular weight excluding hydrogens is 281 g/mol. The van der Waals surface area contributed by atoms with Gasteiger partial charge in [-0.2, -0.15) is 0 Å². The van der Waals surface area contributed by atoms with Crippen molar-refractivity contribution in [1.82, 2.24) is 0 Å². The van der Waals surface area contributed by atoms with Crippen molar-refractivity contribution >= 4 is 11.8 Å². The lowest BCUT2D eigenvalue weighted by molar-refractivity contribution is 0.622. The van der Waals surface area contributed by atoms with Gasteiger partial charge in [0, 0.05) is 17.0 Å². The summed E-state index contributed by atoms with van der Waals surface area (Å²) in [6, 6.07) is 13.3. The molecule has 2 atom stereocenters. The predicted octanol–water partition coefficient (Wildman–Crippen LogP) is 4.76. The van der Waals surface area contributed by atoms with E-state index >= 15 is 0 Å². The maximum absolute atomic E-state index is 13.4. The van der Waals surface area contributed by atoms with Crippen LogP contribution in [0, 0.1) is 19.7 Å². The van der Waals surface area contributed by atoms with Crippen LogP contribution in [-0.4, -0.2) is 6.04 Å². The van der Waals surface area contributed by atoms with Gasteiger partial charge in [-0.1, -0.05) is 41.5 Å². The van der Waals surface area contributed by atoms with E-state index in [1.54, 1.807) is 23.9 Å². The Balaban J connectivity index is 2.14. The first-order chi connectivity index (χ1) is 9.95. The zero-order chi connectivity index (χ0) is 15.4. The second kappa shape index (κ2) is 7.10. The largest absolute Gasteiger partial charge is 0.327 e. The Kier molecular flexibility index (Phi) is 5.43. The van der Waals surface area contributed by atoms with Crippen LogP contribution in [0.15, 0.2) is 42.5 Å². The lowest BCUT2D eigenvalue weighted by Gasteiger charge is -2.21. The lowest BCUT2D eigenvalue weighted by Crippen LogP contribution is -2.22. The fraction of sp³-hybridized carbons (Fsp3) is 0.333. The number of thioether (sulfide) groups is 1. The fourth-order valence-corrected chi connectivity index (χ4v) is 3.75. The van der Waals surface area contributed by atoms with E-state index in [1.165, 1.54) is 22.8 Å². The summed E-state index contributed by atoms with van der Waals surface area (Å²) in [7, 11) is 0. The third-order valence-electron chi connectivity index (χ3n) is 3.37. The monoisotopic (exact) mass is 303 g/mol. The second-order valence-corrected chi connectivity index (χ2v) is 6.77. The van der Waals surface area contributed by atoms with Gasteiger partial charge in [0.1, 0.15) is 5.82 Å². The van der Waals surface area contributed by atoms with Gasteiger partial charge in [-0.05, 0) is 44.0 Å². The van der Waals surface area contributed by atoms with Crippen LogP contribution in [0.1, 0.15) is 34.4 Å². The molecule has 0 aromatic heterocycles. The highest BCUT2D eigenvalue weighted by Gasteiger charge is 2.17. The molecule has 21 heavy (non-hydrogen) atoms. The van der Waals surface area contributed by atoms with Crippen LogP contribution in [0.25, 0.3) is 0 Å². The highest BCUT2D eigenvalue weighted by molar-refractivity contribution is 7.98. The van der Waals surface area contributed by atoms with Gasteiger partial charge in [-0.15, -0.1) is 11.8 Å². The van der Waals surface area contributed by atoms with Gasteiger partial charge in [0.2, 0.25) is 0 Å². The van der Waals surface area contributed by atoms with Gasteiger partial charge in [0.15, 0.2) is 0 Å². The first-order valence-electron chi connectivity index (χ1n) is 7.15. The quantitative estimate of drug-likeness (QED) is 0.861. The Bertz CT molecular complexity index is 590. The van der Waals surface area contributed by atoms with Crippen LogP contribution in [0.4, 0.5) is 4.39 Å². The van der Waals surface area contributed by atoms with Crippen molar-refractivity contribution in [2.75, 3.05) is 0 Å². The molecule has 0 spiro atoms. The molecule has 2 aromatic carbocycles. The molecule has 0 saturated heterocycles. The van der Waals surface area contributed by atoms with Crippen molar-refractivity contribution in [3.05, 3.63) is 70.5 Å². The first-order valence-corrected chi connectivity index (χ1v) is 8.20.